The maximum absolute atomic E-state index is 15.2. The second-order valence-electron chi connectivity index (χ2n) is 6.84. The van der Waals surface area contributed by atoms with Crippen LogP contribution < -0.4 is 0 Å². The Morgan fingerprint density at radius 2 is 1.67 bits per heavy atom. The summed E-state index contributed by atoms with van der Waals surface area (Å²) in [6.07, 6.45) is 0. The summed E-state index contributed by atoms with van der Waals surface area (Å²) in [7, 11) is 0. The average molecular weight is 368 g/mol. The molecule has 2 aromatic carbocycles. The molecule has 1 aromatic heterocycles. The number of aromatic nitrogens is 1. The van der Waals surface area contributed by atoms with Gasteiger partial charge < -0.3 is 9.47 Å². The summed E-state index contributed by atoms with van der Waals surface area (Å²) < 4.78 is 17.3. The Hall–Kier alpha value is -2.53. The summed E-state index contributed by atoms with van der Waals surface area (Å²) in [4.78, 5) is 25.9. The molecule has 0 aliphatic heterocycles. The van der Waals surface area contributed by atoms with Gasteiger partial charge in [-0.15, -0.1) is 0 Å². The number of nitrogens with zero attached hydrogens (tertiary/aromatic N) is 2. The minimum atomic E-state index is -0.507. The van der Waals surface area contributed by atoms with Crippen LogP contribution in [0.2, 0.25) is 0 Å². The Morgan fingerprint density at radius 1 is 1.00 bits per heavy atom. The average Bonchev–Trinajstić information content (AvgIpc) is 2.96. The van der Waals surface area contributed by atoms with Crippen molar-refractivity contribution in [2.75, 3.05) is 19.6 Å². The van der Waals surface area contributed by atoms with Gasteiger partial charge in [0.25, 0.3) is 0 Å². The van der Waals surface area contributed by atoms with Crippen molar-refractivity contribution < 1.29 is 14.0 Å². The van der Waals surface area contributed by atoms with Crippen molar-refractivity contribution in [3.8, 4) is 0 Å². The van der Waals surface area contributed by atoms with E-state index in [0.29, 0.717) is 22.9 Å². The van der Waals surface area contributed by atoms with Gasteiger partial charge in [0.2, 0.25) is 0 Å². The van der Waals surface area contributed by atoms with Crippen LogP contribution in [0.1, 0.15) is 48.4 Å². The smallest absolute Gasteiger partial charge is 0.162 e. The molecule has 0 saturated heterocycles. The molecular weight excluding hydrogens is 343 g/mol. The molecule has 0 aliphatic rings. The lowest BCUT2D eigenvalue weighted by atomic mass is 10.0. The van der Waals surface area contributed by atoms with Crippen molar-refractivity contribution >= 4 is 33.4 Å². The van der Waals surface area contributed by atoms with Crippen LogP contribution in [0.15, 0.2) is 30.3 Å². The first-order chi connectivity index (χ1) is 12.9. The molecule has 0 atom stereocenters. The molecular formula is C22H25FN2O2. The molecule has 0 saturated carbocycles. The zero-order chi connectivity index (χ0) is 19.7. The van der Waals surface area contributed by atoms with E-state index in [1.54, 1.807) is 18.2 Å². The summed E-state index contributed by atoms with van der Waals surface area (Å²) in [6, 6.07) is 8.76. The van der Waals surface area contributed by atoms with Gasteiger partial charge in [0.15, 0.2) is 11.6 Å². The highest BCUT2D eigenvalue weighted by atomic mass is 19.1. The van der Waals surface area contributed by atoms with Crippen molar-refractivity contribution in [1.82, 2.24) is 9.47 Å². The molecule has 27 heavy (non-hydrogen) atoms. The molecule has 0 aliphatic carbocycles. The first kappa shape index (κ1) is 19.2. The quantitative estimate of drug-likeness (QED) is 0.569. The number of fused-ring (bicyclic) bond motifs is 3. The van der Waals surface area contributed by atoms with Gasteiger partial charge in [0.05, 0.1) is 11.1 Å². The number of likely N-dealkylation sites (N-methyl/N-ethyl adjacent to an activating group) is 1. The number of halogens is 1. The normalized spacial score (nSPS) is 11.6. The van der Waals surface area contributed by atoms with Gasteiger partial charge >= 0.3 is 0 Å². The molecule has 0 spiro atoms. The van der Waals surface area contributed by atoms with Crippen molar-refractivity contribution in [2.24, 2.45) is 0 Å². The van der Waals surface area contributed by atoms with Crippen LogP contribution in [-0.4, -0.2) is 40.7 Å². The van der Waals surface area contributed by atoms with Gasteiger partial charge in [0, 0.05) is 34.9 Å². The maximum atomic E-state index is 15.2. The van der Waals surface area contributed by atoms with Gasteiger partial charge in [-0.25, -0.2) is 4.39 Å². The molecule has 0 N–H and O–H groups in total. The van der Waals surface area contributed by atoms with Gasteiger partial charge in [-0.1, -0.05) is 13.8 Å². The van der Waals surface area contributed by atoms with Crippen molar-refractivity contribution in [3.05, 3.63) is 47.3 Å². The maximum Gasteiger partial charge on any atom is 0.162 e. The minimum Gasteiger partial charge on any atom is -0.339 e. The third-order valence-corrected chi connectivity index (χ3v) is 5.29. The van der Waals surface area contributed by atoms with E-state index in [1.807, 2.05) is 12.1 Å². The second kappa shape index (κ2) is 7.61. The van der Waals surface area contributed by atoms with Crippen LogP contribution in [0, 0.1) is 5.82 Å². The Labute approximate surface area is 158 Å². The summed E-state index contributed by atoms with van der Waals surface area (Å²) >= 11 is 0. The lowest BCUT2D eigenvalue weighted by Crippen LogP contribution is -2.26. The van der Waals surface area contributed by atoms with E-state index in [2.05, 4.69) is 23.3 Å². The summed E-state index contributed by atoms with van der Waals surface area (Å²) in [6.45, 7) is 10.6. The number of benzene rings is 2. The lowest BCUT2D eigenvalue weighted by molar-refractivity contribution is 0.100. The number of Topliss-reactive ketones (excluding diaryl/α,β-unsaturated/α-hetero) is 2. The van der Waals surface area contributed by atoms with Gasteiger partial charge in [-0.2, -0.15) is 0 Å². The number of ketones is 2. The zero-order valence-electron chi connectivity index (χ0n) is 16.3. The first-order valence-corrected chi connectivity index (χ1v) is 9.37. The molecule has 142 valence electrons. The lowest BCUT2D eigenvalue weighted by Gasteiger charge is -2.19. The van der Waals surface area contributed by atoms with Crippen LogP contribution in [0.5, 0.6) is 0 Å². The molecule has 5 heteroatoms. The van der Waals surface area contributed by atoms with Crippen LogP contribution in [0.25, 0.3) is 21.8 Å². The van der Waals surface area contributed by atoms with Crippen LogP contribution in [0.3, 0.4) is 0 Å². The summed E-state index contributed by atoms with van der Waals surface area (Å²) in [5.41, 5.74) is 2.25. The fourth-order valence-corrected chi connectivity index (χ4v) is 3.66. The van der Waals surface area contributed by atoms with Crippen molar-refractivity contribution in [1.29, 1.82) is 0 Å². The third kappa shape index (κ3) is 3.39. The fraction of sp³-hybridized carbons (Fsp3) is 0.364. The molecule has 0 unspecified atom stereocenters. The molecule has 0 fully saturated rings. The zero-order valence-corrected chi connectivity index (χ0v) is 16.3. The van der Waals surface area contributed by atoms with E-state index in [9.17, 15) is 9.59 Å². The predicted octanol–water partition coefficient (Wildman–Crippen LogP) is 4.68. The van der Waals surface area contributed by atoms with Crippen LogP contribution in [-0.2, 0) is 6.54 Å². The van der Waals surface area contributed by atoms with E-state index in [-0.39, 0.29) is 17.1 Å². The minimum absolute atomic E-state index is 0.0657. The number of hydrogen-bond donors (Lipinski definition) is 0. The topological polar surface area (TPSA) is 42.3 Å². The fourth-order valence-electron chi connectivity index (χ4n) is 3.66. The standard InChI is InChI=1S/C22H25FN2O2/c1-5-24(6-2)11-12-25-19-9-7-16(14(3)26)13-18(19)21-20(25)10-8-17(15(4)27)22(21)23/h7-10,13H,5-6,11-12H2,1-4H3. The Bertz CT molecular complexity index is 1030. The van der Waals surface area contributed by atoms with Crippen LogP contribution >= 0.6 is 0 Å². The number of rotatable bonds is 7. The number of carbonyl (C=O) groups is 2. The molecule has 0 radical (unpaired) electrons. The van der Waals surface area contributed by atoms with Crippen molar-refractivity contribution in [3.63, 3.8) is 0 Å². The molecule has 3 aromatic rings. The van der Waals surface area contributed by atoms with Gasteiger partial charge in [0.1, 0.15) is 5.82 Å². The molecule has 4 nitrogen and oxygen atoms in total. The van der Waals surface area contributed by atoms with E-state index in [1.165, 1.54) is 13.8 Å². The molecule has 1 heterocycles. The Balaban J connectivity index is 2.28. The van der Waals surface area contributed by atoms with E-state index in [4.69, 9.17) is 0 Å². The summed E-state index contributed by atoms with van der Waals surface area (Å²) in [5.74, 6) is -0.877. The molecule has 3 rings (SSSR count). The highest BCUT2D eigenvalue weighted by Crippen LogP contribution is 2.33. The number of hydrogen-bond acceptors (Lipinski definition) is 3. The largest absolute Gasteiger partial charge is 0.339 e. The first-order valence-electron chi connectivity index (χ1n) is 9.37. The molecule has 0 amide bonds. The second-order valence-corrected chi connectivity index (χ2v) is 6.84. The summed E-state index contributed by atoms with van der Waals surface area (Å²) in [5, 5.41) is 1.10. The Kier molecular flexibility index (Phi) is 5.42. The van der Waals surface area contributed by atoms with E-state index in [0.717, 1.165) is 30.7 Å². The number of carbonyl (C=O) groups excluding carboxylic acids is 2. The van der Waals surface area contributed by atoms with E-state index < -0.39 is 5.82 Å². The monoisotopic (exact) mass is 368 g/mol. The highest BCUT2D eigenvalue weighted by Gasteiger charge is 2.19. The van der Waals surface area contributed by atoms with E-state index >= 15 is 4.39 Å². The predicted molar refractivity (Wildman–Crippen MR) is 107 cm³/mol. The SMILES string of the molecule is CCN(CC)CCn1c2ccc(C(C)=O)cc2c2c(F)c(C(C)=O)ccc21. The highest BCUT2D eigenvalue weighted by molar-refractivity contribution is 6.13. The molecule has 0 bridgehead atoms. The van der Waals surface area contributed by atoms with Crippen molar-refractivity contribution in [2.45, 2.75) is 34.2 Å². The Morgan fingerprint density at radius 3 is 2.26 bits per heavy atom. The van der Waals surface area contributed by atoms with Gasteiger partial charge in [-0.05, 0) is 57.3 Å². The van der Waals surface area contributed by atoms with Gasteiger partial charge in [-0.3, -0.25) is 9.59 Å². The third-order valence-electron chi connectivity index (χ3n) is 5.29. The van der Waals surface area contributed by atoms with Crippen LogP contribution in [0.4, 0.5) is 4.39 Å².